The van der Waals surface area contributed by atoms with Crippen LogP contribution in [0.15, 0.2) is 102 Å². The first kappa shape index (κ1) is 22.1. The lowest BCUT2D eigenvalue weighted by Crippen LogP contribution is -2.43. The zero-order chi connectivity index (χ0) is 24.6. The summed E-state index contributed by atoms with van der Waals surface area (Å²) in [7, 11) is 0. The molecule has 2 aliphatic heterocycles. The lowest BCUT2D eigenvalue weighted by molar-refractivity contribution is 0.0952. The lowest BCUT2D eigenvalue weighted by Gasteiger charge is -2.36. The molecule has 3 aromatic rings. The highest BCUT2D eigenvalue weighted by atomic mass is 16.1. The summed E-state index contributed by atoms with van der Waals surface area (Å²) in [5.74, 6) is -0.0790. The Kier molecular flexibility index (Phi) is 5.51. The number of ketones is 1. The second-order valence-electron chi connectivity index (χ2n) is 9.78. The van der Waals surface area contributed by atoms with Crippen molar-refractivity contribution in [2.75, 3.05) is 4.90 Å². The van der Waals surface area contributed by atoms with E-state index >= 15 is 0 Å². The van der Waals surface area contributed by atoms with E-state index in [2.05, 4.69) is 53.5 Å². The first-order valence-corrected chi connectivity index (χ1v) is 12.5. The van der Waals surface area contributed by atoms with Crippen molar-refractivity contribution in [1.82, 2.24) is 0 Å². The molecule has 0 aromatic heterocycles. The van der Waals surface area contributed by atoms with Gasteiger partial charge in [0.05, 0.1) is 6.04 Å². The fourth-order valence-corrected chi connectivity index (χ4v) is 6.23. The summed E-state index contributed by atoms with van der Waals surface area (Å²) < 4.78 is 0. The molecule has 174 valence electrons. The number of Topliss-reactive ketones (excluding diaryl/α,β-unsaturated/α-hetero) is 1. The Morgan fingerprint density at radius 1 is 0.833 bits per heavy atom. The number of para-hydroxylation sites is 1. The summed E-state index contributed by atoms with van der Waals surface area (Å²) in [6.07, 6.45) is 6.26. The first-order valence-electron chi connectivity index (χ1n) is 12.5. The molecule has 2 heterocycles. The van der Waals surface area contributed by atoms with Gasteiger partial charge in [-0.3, -0.25) is 4.79 Å². The highest BCUT2D eigenvalue weighted by molar-refractivity contribution is 6.04. The molecule has 6 rings (SSSR count). The molecule has 4 atom stereocenters. The van der Waals surface area contributed by atoms with Crippen molar-refractivity contribution in [1.29, 1.82) is 10.5 Å². The van der Waals surface area contributed by atoms with Crippen LogP contribution >= 0.6 is 0 Å². The van der Waals surface area contributed by atoms with Crippen molar-refractivity contribution in [2.45, 2.75) is 30.8 Å². The van der Waals surface area contributed by atoms with Gasteiger partial charge in [-0.15, -0.1) is 0 Å². The maximum absolute atomic E-state index is 14.3. The molecule has 36 heavy (non-hydrogen) atoms. The predicted molar refractivity (Wildman–Crippen MR) is 140 cm³/mol. The van der Waals surface area contributed by atoms with E-state index < -0.39 is 6.04 Å². The Morgan fingerprint density at radius 3 is 2.14 bits per heavy atom. The lowest BCUT2D eigenvalue weighted by atomic mass is 9.73. The number of rotatable bonds is 5. The number of benzene rings is 3. The van der Waals surface area contributed by atoms with Gasteiger partial charge in [-0.2, -0.15) is 10.5 Å². The number of carbonyl (C=O) groups is 1. The van der Waals surface area contributed by atoms with E-state index in [4.69, 9.17) is 0 Å². The maximum atomic E-state index is 14.3. The standard InChI is InChI=1S/C32H25N3O/c33-19-25(20-34)28(23-15-16-23)30-27-18-17-21-9-7-8-14-26(21)35(27)31(29(30)22-10-3-1-4-11-22)32(36)24-12-5-2-6-13-24/h1-14,17-18,23,27,29-31H,15-16H2/t27-,29+,30+,31-/m0/s1. The largest absolute Gasteiger partial charge is 0.353 e. The molecular weight excluding hydrogens is 442 g/mol. The van der Waals surface area contributed by atoms with E-state index in [1.165, 1.54) is 0 Å². The normalized spacial score (nSPS) is 23.7. The number of allylic oxidation sites excluding steroid dienone is 1. The molecule has 3 aromatic carbocycles. The van der Waals surface area contributed by atoms with Gasteiger partial charge in [-0.25, -0.2) is 0 Å². The number of hydrogen-bond donors (Lipinski definition) is 0. The Bertz CT molecular complexity index is 1440. The molecule has 0 radical (unpaired) electrons. The minimum Gasteiger partial charge on any atom is -0.353 e. The Hall–Kier alpha value is -4.41. The van der Waals surface area contributed by atoms with E-state index in [1.54, 1.807) is 0 Å². The van der Waals surface area contributed by atoms with Gasteiger partial charge in [0.25, 0.3) is 0 Å². The molecule has 0 bridgehead atoms. The Balaban J connectivity index is 1.63. The Morgan fingerprint density at radius 2 is 1.47 bits per heavy atom. The maximum Gasteiger partial charge on any atom is 0.185 e. The summed E-state index contributed by atoms with van der Waals surface area (Å²) >= 11 is 0. The van der Waals surface area contributed by atoms with Gasteiger partial charge in [-0.05, 0) is 41.5 Å². The Labute approximate surface area is 211 Å². The van der Waals surface area contributed by atoms with E-state index in [0.29, 0.717) is 5.56 Å². The van der Waals surface area contributed by atoms with Crippen molar-refractivity contribution in [3.05, 3.63) is 119 Å². The van der Waals surface area contributed by atoms with Crippen LogP contribution in [-0.4, -0.2) is 17.9 Å². The van der Waals surface area contributed by atoms with Gasteiger partial charge in [0.15, 0.2) is 5.78 Å². The summed E-state index contributed by atoms with van der Waals surface area (Å²) in [5.41, 5.74) is 4.97. The SMILES string of the molecule is N#CC(C#N)=C(C1CC1)[C@@H]1[C@@H](c2ccccc2)[C@@H](C(=O)c2ccccc2)N2c3ccccc3C=C[C@@H]12. The molecule has 0 amide bonds. The number of hydrogen-bond acceptors (Lipinski definition) is 4. The van der Waals surface area contributed by atoms with E-state index in [9.17, 15) is 15.3 Å². The molecule has 4 nitrogen and oxygen atoms in total. The molecular formula is C32H25N3O. The van der Waals surface area contributed by atoms with E-state index in [-0.39, 0.29) is 35.2 Å². The van der Waals surface area contributed by atoms with E-state index in [0.717, 1.165) is 35.2 Å². The van der Waals surface area contributed by atoms with Crippen LogP contribution in [0.2, 0.25) is 0 Å². The second kappa shape index (κ2) is 8.99. The van der Waals surface area contributed by atoms with Crippen LogP contribution in [0.3, 0.4) is 0 Å². The minimum absolute atomic E-state index is 0.0627. The fourth-order valence-electron chi connectivity index (χ4n) is 6.23. The predicted octanol–water partition coefficient (Wildman–Crippen LogP) is 6.31. The molecule has 1 saturated heterocycles. The van der Waals surface area contributed by atoms with Gasteiger partial charge in [0.1, 0.15) is 23.8 Å². The molecule has 1 aliphatic carbocycles. The molecule has 0 unspecified atom stereocenters. The van der Waals surface area contributed by atoms with Gasteiger partial charge in [0, 0.05) is 23.1 Å². The van der Waals surface area contributed by atoms with Gasteiger partial charge < -0.3 is 4.90 Å². The van der Waals surface area contributed by atoms with Crippen molar-refractivity contribution >= 4 is 17.5 Å². The molecule has 2 fully saturated rings. The molecule has 0 spiro atoms. The molecule has 0 N–H and O–H groups in total. The van der Waals surface area contributed by atoms with Crippen LogP contribution in [0.25, 0.3) is 6.08 Å². The van der Waals surface area contributed by atoms with Gasteiger partial charge in [0.2, 0.25) is 0 Å². The highest BCUT2D eigenvalue weighted by Gasteiger charge is 2.56. The van der Waals surface area contributed by atoms with Crippen LogP contribution in [0.1, 0.15) is 40.2 Å². The third kappa shape index (κ3) is 3.55. The fraction of sp³-hybridized carbons (Fsp3) is 0.219. The van der Waals surface area contributed by atoms with Gasteiger partial charge in [-0.1, -0.05) is 91.0 Å². The smallest absolute Gasteiger partial charge is 0.185 e. The third-order valence-corrected chi connectivity index (χ3v) is 7.80. The minimum atomic E-state index is -0.469. The summed E-state index contributed by atoms with van der Waals surface area (Å²) in [6.45, 7) is 0. The number of fused-ring (bicyclic) bond motifs is 3. The highest BCUT2D eigenvalue weighted by Crippen LogP contribution is 2.56. The summed E-state index contributed by atoms with van der Waals surface area (Å²) in [5, 5.41) is 19.9. The number of nitrogens with zero attached hydrogens (tertiary/aromatic N) is 3. The van der Waals surface area contributed by atoms with Crippen LogP contribution < -0.4 is 4.90 Å². The monoisotopic (exact) mass is 467 g/mol. The zero-order valence-electron chi connectivity index (χ0n) is 19.8. The second-order valence-corrected chi connectivity index (χ2v) is 9.78. The number of nitriles is 2. The van der Waals surface area contributed by atoms with Crippen LogP contribution in [0.4, 0.5) is 5.69 Å². The quantitative estimate of drug-likeness (QED) is 0.326. The van der Waals surface area contributed by atoms with E-state index in [1.807, 2.05) is 60.7 Å². The number of carbonyl (C=O) groups excluding carboxylic acids is 1. The number of anilines is 1. The average Bonchev–Trinajstić information content (AvgIpc) is 3.72. The zero-order valence-corrected chi connectivity index (χ0v) is 19.8. The average molecular weight is 468 g/mol. The topological polar surface area (TPSA) is 67.9 Å². The summed E-state index contributed by atoms with van der Waals surface area (Å²) in [6, 6.07) is 31.6. The summed E-state index contributed by atoms with van der Waals surface area (Å²) in [4.78, 5) is 16.6. The molecule has 4 heteroatoms. The first-order chi connectivity index (χ1) is 17.7. The third-order valence-electron chi connectivity index (χ3n) is 7.80. The van der Waals surface area contributed by atoms with Crippen molar-refractivity contribution in [2.24, 2.45) is 11.8 Å². The molecule has 1 saturated carbocycles. The van der Waals surface area contributed by atoms with Crippen LogP contribution in [-0.2, 0) is 0 Å². The van der Waals surface area contributed by atoms with Gasteiger partial charge >= 0.3 is 0 Å². The van der Waals surface area contributed by atoms with Crippen molar-refractivity contribution in [3.63, 3.8) is 0 Å². The van der Waals surface area contributed by atoms with Crippen molar-refractivity contribution < 1.29 is 4.79 Å². The van der Waals surface area contributed by atoms with Crippen LogP contribution in [0.5, 0.6) is 0 Å². The van der Waals surface area contributed by atoms with Crippen molar-refractivity contribution in [3.8, 4) is 12.1 Å². The molecule has 3 aliphatic rings. The van der Waals surface area contributed by atoms with Crippen LogP contribution in [0, 0.1) is 34.5 Å².